The highest BCUT2D eigenvalue weighted by Gasteiger charge is 2.17. The van der Waals surface area contributed by atoms with Crippen molar-refractivity contribution in [3.05, 3.63) is 60.2 Å². The average Bonchev–Trinajstić information content (AvgIpc) is 2.85. The highest BCUT2D eigenvalue weighted by atomic mass is 19.1. The molecule has 0 radical (unpaired) electrons. The summed E-state index contributed by atoms with van der Waals surface area (Å²) in [4.78, 5) is 6.11. The minimum atomic E-state index is -0.323. The Morgan fingerprint density at radius 1 is 1.20 bits per heavy atom. The van der Waals surface area contributed by atoms with E-state index < -0.39 is 0 Å². The minimum absolute atomic E-state index is 0.167. The molecule has 0 aliphatic rings. The Kier molecular flexibility index (Phi) is 3.12. The third kappa shape index (κ3) is 1.92. The summed E-state index contributed by atoms with van der Waals surface area (Å²) in [7, 11) is 1.74. The molecule has 3 aromatic rings. The van der Waals surface area contributed by atoms with Crippen LogP contribution in [0.3, 0.4) is 0 Å². The van der Waals surface area contributed by atoms with Crippen molar-refractivity contribution in [1.29, 1.82) is 0 Å². The van der Waals surface area contributed by atoms with E-state index in [1.165, 1.54) is 6.07 Å². The van der Waals surface area contributed by atoms with Gasteiger partial charge in [0.1, 0.15) is 11.5 Å². The van der Waals surface area contributed by atoms with Gasteiger partial charge in [0.25, 0.3) is 0 Å². The number of rotatable bonds is 3. The Balaban J connectivity index is 2.17. The van der Waals surface area contributed by atoms with E-state index in [1.807, 2.05) is 24.4 Å². The normalized spacial score (nSPS) is 10.9. The summed E-state index contributed by atoms with van der Waals surface area (Å²) in [5.74, 6) is 0.222. The van der Waals surface area contributed by atoms with Crippen molar-refractivity contribution in [2.45, 2.75) is 6.61 Å². The van der Waals surface area contributed by atoms with Crippen molar-refractivity contribution in [2.75, 3.05) is 11.9 Å². The summed E-state index contributed by atoms with van der Waals surface area (Å²) < 4.78 is 15.7. The molecule has 2 aromatic heterocycles. The molecule has 0 saturated carbocycles. The number of imidazole rings is 1. The second-order valence-corrected chi connectivity index (χ2v) is 4.48. The first kappa shape index (κ1) is 12.6. The molecule has 0 amide bonds. The molecule has 102 valence electrons. The van der Waals surface area contributed by atoms with Gasteiger partial charge in [-0.3, -0.25) is 4.40 Å². The van der Waals surface area contributed by atoms with Gasteiger partial charge in [-0.15, -0.1) is 0 Å². The maximum absolute atomic E-state index is 13.9. The minimum Gasteiger partial charge on any atom is -0.390 e. The molecular weight excluding hydrogens is 257 g/mol. The Bertz CT molecular complexity index is 754. The molecule has 20 heavy (non-hydrogen) atoms. The Hall–Kier alpha value is -2.40. The predicted molar refractivity (Wildman–Crippen MR) is 75.6 cm³/mol. The highest BCUT2D eigenvalue weighted by molar-refractivity contribution is 5.65. The van der Waals surface area contributed by atoms with Crippen molar-refractivity contribution in [1.82, 2.24) is 9.38 Å². The van der Waals surface area contributed by atoms with E-state index in [9.17, 15) is 9.50 Å². The maximum atomic E-state index is 13.9. The van der Waals surface area contributed by atoms with Gasteiger partial charge in [0, 0.05) is 13.2 Å². The summed E-state index contributed by atoms with van der Waals surface area (Å²) in [6.07, 6.45) is 1.83. The van der Waals surface area contributed by atoms with Gasteiger partial charge in [-0.05, 0) is 24.3 Å². The number of hydrogen-bond acceptors (Lipinski definition) is 3. The lowest BCUT2D eigenvalue weighted by molar-refractivity contribution is 0.276. The number of aliphatic hydroxyl groups excluding tert-OH is 1. The van der Waals surface area contributed by atoms with E-state index in [2.05, 4.69) is 4.98 Å². The third-order valence-electron chi connectivity index (χ3n) is 3.29. The van der Waals surface area contributed by atoms with Crippen LogP contribution in [0.2, 0.25) is 0 Å². The number of fused-ring (bicyclic) bond motifs is 1. The van der Waals surface area contributed by atoms with Crippen molar-refractivity contribution in [2.24, 2.45) is 0 Å². The van der Waals surface area contributed by atoms with Crippen molar-refractivity contribution >= 4 is 17.2 Å². The molecule has 0 aliphatic heterocycles. The number of hydrogen-bond donors (Lipinski definition) is 1. The zero-order chi connectivity index (χ0) is 14.1. The molecule has 0 aliphatic carbocycles. The summed E-state index contributed by atoms with van der Waals surface area (Å²) in [6.45, 7) is -0.167. The Morgan fingerprint density at radius 3 is 2.70 bits per heavy atom. The molecule has 1 N–H and O–H groups in total. The zero-order valence-corrected chi connectivity index (χ0v) is 11.0. The van der Waals surface area contributed by atoms with Gasteiger partial charge >= 0.3 is 0 Å². The molecule has 5 heteroatoms. The van der Waals surface area contributed by atoms with Crippen LogP contribution in [0.4, 0.5) is 15.9 Å². The van der Waals surface area contributed by atoms with E-state index >= 15 is 0 Å². The van der Waals surface area contributed by atoms with Crippen LogP contribution in [-0.4, -0.2) is 21.5 Å². The molecule has 0 atom stereocenters. The number of pyridine rings is 1. The first-order chi connectivity index (χ1) is 9.72. The summed E-state index contributed by atoms with van der Waals surface area (Å²) in [5, 5.41) is 9.59. The molecule has 0 unspecified atom stereocenters. The van der Waals surface area contributed by atoms with E-state index in [1.54, 1.807) is 34.5 Å². The SMILES string of the molecule is CN(c1ccccc1F)c1nc2ccccn2c1CO. The fourth-order valence-electron chi connectivity index (χ4n) is 2.29. The number of nitrogens with zero attached hydrogens (tertiary/aromatic N) is 3. The number of aromatic nitrogens is 2. The first-order valence-corrected chi connectivity index (χ1v) is 6.27. The fraction of sp³-hybridized carbons (Fsp3) is 0.133. The monoisotopic (exact) mass is 271 g/mol. The van der Waals surface area contributed by atoms with Gasteiger partial charge < -0.3 is 10.0 Å². The average molecular weight is 271 g/mol. The second-order valence-electron chi connectivity index (χ2n) is 4.48. The van der Waals surface area contributed by atoms with Crippen LogP contribution in [0.5, 0.6) is 0 Å². The predicted octanol–water partition coefficient (Wildman–Crippen LogP) is 2.73. The van der Waals surface area contributed by atoms with Crippen LogP contribution in [0.15, 0.2) is 48.7 Å². The lowest BCUT2D eigenvalue weighted by Gasteiger charge is -2.18. The van der Waals surface area contributed by atoms with Crippen LogP contribution in [0, 0.1) is 5.82 Å². The highest BCUT2D eigenvalue weighted by Crippen LogP contribution is 2.29. The zero-order valence-electron chi connectivity index (χ0n) is 11.0. The third-order valence-corrected chi connectivity index (χ3v) is 3.29. The Morgan fingerprint density at radius 2 is 1.95 bits per heavy atom. The molecule has 2 heterocycles. The Labute approximate surface area is 115 Å². The fourth-order valence-corrected chi connectivity index (χ4v) is 2.29. The summed E-state index contributed by atoms with van der Waals surface area (Å²) >= 11 is 0. The van der Waals surface area contributed by atoms with Crippen molar-refractivity contribution in [3.8, 4) is 0 Å². The van der Waals surface area contributed by atoms with Gasteiger partial charge in [-0.25, -0.2) is 9.37 Å². The van der Waals surface area contributed by atoms with E-state index in [0.29, 0.717) is 17.2 Å². The number of halogens is 1. The van der Waals surface area contributed by atoms with E-state index in [4.69, 9.17) is 0 Å². The molecule has 0 spiro atoms. The second kappa shape index (κ2) is 4.94. The van der Waals surface area contributed by atoms with Gasteiger partial charge in [0.15, 0.2) is 5.82 Å². The lowest BCUT2D eigenvalue weighted by Crippen LogP contribution is -2.13. The number of aliphatic hydroxyl groups is 1. The maximum Gasteiger partial charge on any atom is 0.157 e. The topological polar surface area (TPSA) is 40.8 Å². The molecule has 0 bridgehead atoms. The largest absolute Gasteiger partial charge is 0.390 e. The first-order valence-electron chi connectivity index (χ1n) is 6.27. The summed E-state index contributed by atoms with van der Waals surface area (Å²) in [6, 6.07) is 12.1. The van der Waals surface area contributed by atoms with Crippen LogP contribution in [0.1, 0.15) is 5.69 Å². The van der Waals surface area contributed by atoms with Crippen molar-refractivity contribution in [3.63, 3.8) is 0 Å². The molecule has 1 aromatic carbocycles. The van der Waals surface area contributed by atoms with Crippen LogP contribution in [0.25, 0.3) is 5.65 Å². The van der Waals surface area contributed by atoms with Crippen LogP contribution in [-0.2, 0) is 6.61 Å². The van der Waals surface area contributed by atoms with Gasteiger partial charge in [0.2, 0.25) is 0 Å². The quantitative estimate of drug-likeness (QED) is 0.796. The molecule has 0 saturated heterocycles. The van der Waals surface area contributed by atoms with E-state index in [0.717, 1.165) is 5.65 Å². The number of benzene rings is 1. The molecular formula is C15H14FN3O. The van der Waals surface area contributed by atoms with Gasteiger partial charge in [-0.2, -0.15) is 0 Å². The number of anilines is 2. The van der Waals surface area contributed by atoms with Gasteiger partial charge in [0.05, 0.1) is 18.0 Å². The smallest absolute Gasteiger partial charge is 0.157 e. The molecule has 0 fully saturated rings. The van der Waals surface area contributed by atoms with Crippen molar-refractivity contribution < 1.29 is 9.50 Å². The van der Waals surface area contributed by atoms with Gasteiger partial charge in [-0.1, -0.05) is 18.2 Å². The van der Waals surface area contributed by atoms with E-state index in [-0.39, 0.29) is 12.4 Å². The lowest BCUT2D eigenvalue weighted by atomic mass is 10.2. The summed E-state index contributed by atoms with van der Waals surface area (Å²) in [5.41, 5.74) is 1.77. The van der Waals surface area contributed by atoms with Crippen LogP contribution < -0.4 is 4.90 Å². The number of para-hydroxylation sites is 1. The molecule has 4 nitrogen and oxygen atoms in total. The standard InChI is InChI=1S/C15H14FN3O/c1-18(12-7-3-2-6-11(12)16)15-13(10-20)19-9-5-4-8-14(19)17-15/h2-9,20H,10H2,1H3. The molecule has 3 rings (SSSR count). The van der Waals surface area contributed by atoms with Crippen LogP contribution >= 0.6 is 0 Å².